The van der Waals surface area contributed by atoms with Crippen molar-refractivity contribution in [3.8, 4) is 0 Å². The third-order valence-corrected chi connectivity index (χ3v) is 4.08. The van der Waals surface area contributed by atoms with Crippen LogP contribution in [-0.2, 0) is 20.7 Å². The second-order valence-electron chi connectivity index (χ2n) is 5.58. The number of hydrogen-bond acceptors (Lipinski definition) is 4. The van der Waals surface area contributed by atoms with Gasteiger partial charge in [0.25, 0.3) is 0 Å². The van der Waals surface area contributed by atoms with E-state index in [0.717, 1.165) is 10.0 Å². The Hall–Kier alpha value is -2.67. The largest absolute Gasteiger partial charge is 0.481 e. The Morgan fingerprint density at radius 2 is 1.65 bits per heavy atom. The molecule has 0 unspecified atom stereocenters. The Bertz CT molecular complexity index is 761. The van der Waals surface area contributed by atoms with Crippen molar-refractivity contribution in [2.45, 2.75) is 25.4 Å². The number of ether oxygens (including phenoxy) is 1. The molecule has 26 heavy (non-hydrogen) atoms. The predicted molar refractivity (Wildman–Crippen MR) is 100 cm³/mol. The van der Waals surface area contributed by atoms with E-state index in [9.17, 15) is 14.4 Å². The number of carbonyl (C=O) groups excluding carboxylic acids is 2. The molecular weight excluding hydrogens is 402 g/mol. The first-order chi connectivity index (χ1) is 12.4. The van der Waals surface area contributed by atoms with Gasteiger partial charge in [-0.3, -0.25) is 14.9 Å². The molecule has 6 nitrogen and oxygen atoms in total. The highest BCUT2D eigenvalue weighted by atomic mass is 79.9. The standard InChI is InChI=1S/C19H18BrNO5/c20-14-6-8-15(9-7-14)21-19(25)26-17(16(22)10-11-18(23)24)12-13-4-2-1-3-5-13/h1-9,17H,10-12H2,(H,21,25)(H,23,24)/t17-/m0/s1. The van der Waals surface area contributed by atoms with E-state index < -0.39 is 23.9 Å². The molecule has 0 aliphatic rings. The Labute approximate surface area is 159 Å². The number of amides is 1. The van der Waals surface area contributed by atoms with Gasteiger partial charge in [-0.05, 0) is 29.8 Å². The fraction of sp³-hybridized carbons (Fsp3) is 0.211. The summed E-state index contributed by atoms with van der Waals surface area (Å²) < 4.78 is 6.14. The minimum absolute atomic E-state index is 0.188. The van der Waals surface area contributed by atoms with Gasteiger partial charge < -0.3 is 9.84 Å². The van der Waals surface area contributed by atoms with Crippen LogP contribution in [-0.4, -0.2) is 29.1 Å². The highest BCUT2D eigenvalue weighted by molar-refractivity contribution is 9.10. The number of rotatable bonds is 8. The normalized spacial score (nSPS) is 11.4. The average molecular weight is 420 g/mol. The van der Waals surface area contributed by atoms with Crippen molar-refractivity contribution in [3.05, 3.63) is 64.6 Å². The van der Waals surface area contributed by atoms with Gasteiger partial charge in [-0.1, -0.05) is 46.3 Å². The molecule has 0 aliphatic carbocycles. The molecular formula is C19H18BrNO5. The van der Waals surface area contributed by atoms with E-state index in [4.69, 9.17) is 9.84 Å². The summed E-state index contributed by atoms with van der Waals surface area (Å²) >= 11 is 3.30. The summed E-state index contributed by atoms with van der Waals surface area (Å²) in [5.74, 6) is -1.50. The first kappa shape index (κ1) is 19.7. The summed E-state index contributed by atoms with van der Waals surface area (Å²) in [6, 6.07) is 16.0. The highest BCUT2D eigenvalue weighted by Gasteiger charge is 2.24. The molecule has 136 valence electrons. The van der Waals surface area contributed by atoms with Crippen LogP contribution in [0.4, 0.5) is 10.5 Å². The molecule has 2 N–H and O–H groups in total. The molecule has 7 heteroatoms. The van der Waals surface area contributed by atoms with Crippen LogP contribution in [0, 0.1) is 0 Å². The van der Waals surface area contributed by atoms with Gasteiger partial charge >= 0.3 is 12.1 Å². The summed E-state index contributed by atoms with van der Waals surface area (Å²) in [7, 11) is 0. The van der Waals surface area contributed by atoms with Crippen LogP contribution >= 0.6 is 15.9 Å². The molecule has 0 spiro atoms. The molecule has 0 heterocycles. The van der Waals surface area contributed by atoms with E-state index in [1.165, 1.54) is 0 Å². The summed E-state index contributed by atoms with van der Waals surface area (Å²) in [6.45, 7) is 0. The lowest BCUT2D eigenvalue weighted by Gasteiger charge is -2.17. The molecule has 0 aliphatic heterocycles. The third-order valence-electron chi connectivity index (χ3n) is 3.55. The number of carboxylic acids is 1. The number of Topliss-reactive ketones (excluding diaryl/α,β-unsaturated/α-hetero) is 1. The molecule has 1 atom stereocenters. The second kappa shape index (κ2) is 9.72. The number of aliphatic carboxylic acids is 1. The SMILES string of the molecule is O=C(O)CCC(=O)[C@H](Cc1ccccc1)OC(=O)Nc1ccc(Br)cc1. The lowest BCUT2D eigenvalue weighted by molar-refractivity contribution is -0.139. The first-order valence-electron chi connectivity index (χ1n) is 7.95. The van der Waals surface area contributed by atoms with Crippen molar-refractivity contribution in [2.75, 3.05) is 5.32 Å². The Kier molecular flexibility index (Phi) is 7.35. The fourth-order valence-electron chi connectivity index (χ4n) is 2.25. The van der Waals surface area contributed by atoms with Crippen LogP contribution in [0.3, 0.4) is 0 Å². The summed E-state index contributed by atoms with van der Waals surface area (Å²) in [4.78, 5) is 35.1. The van der Waals surface area contributed by atoms with Gasteiger partial charge in [-0.25, -0.2) is 4.79 Å². The molecule has 0 saturated heterocycles. The van der Waals surface area contributed by atoms with E-state index in [1.54, 1.807) is 24.3 Å². The monoisotopic (exact) mass is 419 g/mol. The minimum atomic E-state index is -1.07. The quantitative estimate of drug-likeness (QED) is 0.673. The lowest BCUT2D eigenvalue weighted by Crippen LogP contribution is -2.32. The van der Waals surface area contributed by atoms with Gasteiger partial charge in [0.2, 0.25) is 0 Å². The zero-order valence-electron chi connectivity index (χ0n) is 13.9. The van der Waals surface area contributed by atoms with Crippen LogP contribution in [0.15, 0.2) is 59.1 Å². The number of carboxylic acid groups (broad SMARTS) is 1. The number of benzene rings is 2. The topological polar surface area (TPSA) is 92.7 Å². The van der Waals surface area contributed by atoms with Crippen LogP contribution < -0.4 is 5.32 Å². The molecule has 0 radical (unpaired) electrons. The minimum Gasteiger partial charge on any atom is -0.481 e. The van der Waals surface area contributed by atoms with E-state index >= 15 is 0 Å². The Morgan fingerprint density at radius 3 is 2.27 bits per heavy atom. The van der Waals surface area contributed by atoms with Gasteiger partial charge in [0.1, 0.15) is 0 Å². The molecule has 0 saturated carbocycles. The highest BCUT2D eigenvalue weighted by Crippen LogP contribution is 2.15. The van der Waals surface area contributed by atoms with Crippen molar-refractivity contribution in [1.29, 1.82) is 0 Å². The van der Waals surface area contributed by atoms with E-state index in [1.807, 2.05) is 30.3 Å². The van der Waals surface area contributed by atoms with Crippen LogP contribution in [0.5, 0.6) is 0 Å². The zero-order valence-corrected chi connectivity index (χ0v) is 15.4. The van der Waals surface area contributed by atoms with E-state index in [0.29, 0.717) is 5.69 Å². The van der Waals surface area contributed by atoms with Gasteiger partial charge in [0.15, 0.2) is 11.9 Å². The van der Waals surface area contributed by atoms with Crippen LogP contribution in [0.2, 0.25) is 0 Å². The molecule has 0 aromatic heterocycles. The number of hydrogen-bond donors (Lipinski definition) is 2. The Morgan fingerprint density at radius 1 is 1.00 bits per heavy atom. The summed E-state index contributed by atoms with van der Waals surface area (Å²) in [5.41, 5.74) is 1.34. The van der Waals surface area contributed by atoms with Crippen molar-refractivity contribution >= 4 is 39.5 Å². The maximum absolute atomic E-state index is 12.3. The van der Waals surface area contributed by atoms with Crippen molar-refractivity contribution in [2.24, 2.45) is 0 Å². The summed E-state index contributed by atoms with van der Waals surface area (Å²) in [5, 5.41) is 11.3. The molecule has 2 aromatic carbocycles. The van der Waals surface area contributed by atoms with Crippen LogP contribution in [0.25, 0.3) is 0 Å². The molecule has 0 fully saturated rings. The lowest BCUT2D eigenvalue weighted by atomic mass is 10.0. The third kappa shape index (κ3) is 6.68. The first-order valence-corrected chi connectivity index (χ1v) is 8.75. The maximum atomic E-state index is 12.3. The predicted octanol–water partition coefficient (Wildman–Crippen LogP) is 4.04. The number of anilines is 1. The smallest absolute Gasteiger partial charge is 0.412 e. The molecule has 2 rings (SSSR count). The van der Waals surface area contributed by atoms with E-state index in [2.05, 4.69) is 21.2 Å². The Balaban J connectivity index is 2.04. The molecule has 0 bridgehead atoms. The van der Waals surface area contributed by atoms with Crippen molar-refractivity contribution in [1.82, 2.24) is 0 Å². The second-order valence-corrected chi connectivity index (χ2v) is 6.49. The number of ketones is 1. The van der Waals surface area contributed by atoms with Gasteiger partial charge in [0.05, 0.1) is 6.42 Å². The van der Waals surface area contributed by atoms with Crippen molar-refractivity contribution < 1.29 is 24.2 Å². The average Bonchev–Trinajstić information content (AvgIpc) is 2.62. The maximum Gasteiger partial charge on any atom is 0.412 e. The van der Waals surface area contributed by atoms with Crippen LogP contribution in [0.1, 0.15) is 18.4 Å². The van der Waals surface area contributed by atoms with E-state index in [-0.39, 0.29) is 19.3 Å². The fourth-order valence-corrected chi connectivity index (χ4v) is 2.51. The number of carbonyl (C=O) groups is 3. The molecule has 1 amide bonds. The van der Waals surface area contributed by atoms with Crippen molar-refractivity contribution in [3.63, 3.8) is 0 Å². The zero-order chi connectivity index (χ0) is 18.9. The molecule has 2 aromatic rings. The van der Waals surface area contributed by atoms with Gasteiger partial charge in [-0.2, -0.15) is 0 Å². The summed E-state index contributed by atoms with van der Waals surface area (Å²) in [6.07, 6.45) is -2.13. The van der Waals surface area contributed by atoms with Gasteiger partial charge in [-0.15, -0.1) is 0 Å². The number of nitrogens with one attached hydrogen (secondary N) is 1. The van der Waals surface area contributed by atoms with Gasteiger partial charge in [0, 0.05) is 23.0 Å². The number of halogens is 1.